The Morgan fingerprint density at radius 2 is 0.798 bits per heavy atom. The quantitative estimate of drug-likeness (QED) is 0.0674. The van der Waals surface area contributed by atoms with Gasteiger partial charge in [-0.2, -0.15) is 0 Å². The molecule has 16 heteroatoms. The molecular formula is C113H103Cl4FN8O3. The Hall–Kier alpha value is -14.2. The lowest BCUT2D eigenvalue weighted by molar-refractivity contribution is 0.102. The van der Waals surface area contributed by atoms with Crippen molar-refractivity contribution in [3.8, 4) is 5.75 Å². The van der Waals surface area contributed by atoms with Crippen LogP contribution in [0.2, 0.25) is 20.1 Å². The van der Waals surface area contributed by atoms with Crippen molar-refractivity contribution in [2.45, 2.75) is 76.2 Å². The lowest BCUT2D eigenvalue weighted by Gasteiger charge is -2.09. The molecule has 0 bridgehead atoms. The number of fused-ring (bicyclic) bond motifs is 8. The van der Waals surface area contributed by atoms with E-state index in [4.69, 9.17) is 62.1 Å². The average molecular weight is 1780 g/mol. The normalized spacial score (nSPS) is 10.3. The van der Waals surface area contributed by atoms with Crippen molar-refractivity contribution in [2.24, 2.45) is 10.9 Å². The number of anilines is 1. The van der Waals surface area contributed by atoms with Crippen LogP contribution in [0.1, 0.15) is 77.1 Å². The van der Waals surface area contributed by atoms with Gasteiger partial charge >= 0.3 is 0 Å². The van der Waals surface area contributed by atoms with E-state index in [1.807, 2.05) is 196 Å². The maximum Gasteiger partial charge on any atom is 0.256 e. The first kappa shape index (κ1) is 97.0. The standard InChI is InChI=1S/C14H14N2O2.4C11H9Cl.4C10H9N.C8H9FN2O.C7H8/c1-10-3-4-12(18-2)9-13(10)14(17)16-11-5-7-15-8-6-11;1-8-2-3-10-7-11(12)5-4-9(10)6-8;1-8-2-3-9-4-5-11(12)7-10(9)6-8;1-8-3-2-4-9-7-10(12)5-6-11(8)9;1-8-3-2-4-9-5-6-10(12)7-11(8)9;1-8-4-5-10-9(7-8)3-2-6-11-10;1-8-4-5-9-3-2-6-11-10(9)7-8;1-8-6-9-4-2-3-5-10(9)11-7-8;1-8-6-7-11-10-5-3-2-4-9(8)10;1-5-2-3-7(9)6(4-5)8(10)11-12;1-7-5-3-2-4-6-7/h3-9H,1-2H3,(H,15,16,17);4*2-7H,1H3;4*2-7H,1H3;2-4,12H,1H3,(H2,10,11);2-6H,1H3. The van der Waals surface area contributed by atoms with Crippen LogP contribution in [-0.4, -0.2) is 49.0 Å². The smallest absolute Gasteiger partial charge is 0.256 e. The highest BCUT2D eigenvalue weighted by Crippen LogP contribution is 2.27. The number of oxime groups is 1. The fourth-order valence-electron chi connectivity index (χ4n) is 13.3. The number of hydrogen-bond acceptors (Lipinski definition) is 9. The first-order valence-corrected chi connectivity index (χ1v) is 43.3. The predicted octanol–water partition coefficient (Wildman–Crippen LogP) is 31.3. The number of pyridine rings is 5. The fourth-order valence-corrected chi connectivity index (χ4v) is 14.0. The number of ether oxygens (including phenoxy) is 1. The summed E-state index contributed by atoms with van der Waals surface area (Å²) in [5, 5.41) is 31.8. The van der Waals surface area contributed by atoms with Crippen molar-refractivity contribution in [3.05, 3.63) is 481 Å². The van der Waals surface area contributed by atoms with Gasteiger partial charge in [-0.05, 0) is 292 Å². The molecule has 5 heterocycles. The number of halogens is 5. The maximum absolute atomic E-state index is 12.9. The maximum atomic E-state index is 12.9. The number of benzene rings is 15. The van der Waals surface area contributed by atoms with Crippen LogP contribution in [0.25, 0.3) is 86.7 Å². The number of amides is 1. The molecule has 0 aliphatic carbocycles. The number of nitrogens with one attached hydrogen (secondary N) is 1. The van der Waals surface area contributed by atoms with Gasteiger partial charge in [-0.15, -0.1) is 0 Å². The minimum atomic E-state index is -0.490. The molecule has 129 heavy (non-hydrogen) atoms. The first-order valence-electron chi connectivity index (χ1n) is 41.7. The summed E-state index contributed by atoms with van der Waals surface area (Å²) >= 11 is 23.5. The molecule has 0 radical (unpaired) electrons. The van der Waals surface area contributed by atoms with E-state index in [0.29, 0.717) is 11.3 Å². The molecule has 5 aromatic heterocycles. The van der Waals surface area contributed by atoms with E-state index in [1.54, 1.807) is 50.7 Å². The zero-order valence-electron chi connectivity index (χ0n) is 74.3. The Morgan fingerprint density at radius 3 is 1.47 bits per heavy atom. The van der Waals surface area contributed by atoms with Gasteiger partial charge in [-0.1, -0.05) is 286 Å². The van der Waals surface area contributed by atoms with Gasteiger partial charge in [0.25, 0.3) is 5.91 Å². The van der Waals surface area contributed by atoms with E-state index in [0.717, 1.165) is 59.0 Å². The van der Waals surface area contributed by atoms with E-state index < -0.39 is 5.82 Å². The number of amidine groups is 1. The molecule has 20 rings (SSSR count). The number of rotatable bonds is 4. The van der Waals surface area contributed by atoms with Crippen LogP contribution in [0.3, 0.4) is 0 Å². The van der Waals surface area contributed by atoms with Crippen LogP contribution in [-0.2, 0) is 0 Å². The SMILES string of the molecule is COc1ccc(C)c(C(=O)Nc2ccncc2)c1.Cc1ccc(F)c(C(N)=NO)c1.Cc1ccc2cc(Cl)ccc2c1.Cc1ccc2ccc(Cl)cc2c1.Cc1ccc2cccnc2c1.Cc1ccc2ncccc2c1.Cc1cccc2cc(Cl)ccc12.Cc1cccc2ccc(Cl)cc12.Cc1ccccc1.Cc1ccnc2ccccc12.Cc1cnc2ccccc2c1. The van der Waals surface area contributed by atoms with E-state index in [-0.39, 0.29) is 17.3 Å². The Kier molecular flexibility index (Phi) is 37.3. The highest BCUT2D eigenvalue weighted by atomic mass is 35.5. The Labute approximate surface area is 775 Å². The predicted molar refractivity (Wildman–Crippen MR) is 545 cm³/mol. The number of aryl methyl sites for hydroxylation is 11. The molecule has 0 saturated carbocycles. The minimum Gasteiger partial charge on any atom is -0.497 e. The van der Waals surface area contributed by atoms with Crippen LogP contribution in [0.4, 0.5) is 10.1 Å². The van der Waals surface area contributed by atoms with Gasteiger partial charge in [0.15, 0.2) is 5.84 Å². The van der Waals surface area contributed by atoms with Crippen LogP contribution in [0.5, 0.6) is 5.75 Å². The third-order valence-electron chi connectivity index (χ3n) is 20.2. The zero-order chi connectivity index (χ0) is 92.1. The number of aromatic nitrogens is 5. The second-order valence-corrected chi connectivity index (χ2v) is 32.4. The molecule has 15 aromatic carbocycles. The number of hydrogen-bond donors (Lipinski definition) is 3. The van der Waals surface area contributed by atoms with Gasteiger partial charge in [0, 0.05) is 90.1 Å². The van der Waals surface area contributed by atoms with Gasteiger partial charge < -0.3 is 21.0 Å². The van der Waals surface area contributed by atoms with Crippen molar-refractivity contribution in [1.82, 2.24) is 24.9 Å². The molecule has 0 fully saturated rings. The Bertz CT molecular complexity index is 6830. The van der Waals surface area contributed by atoms with Crippen LogP contribution in [0.15, 0.2) is 388 Å². The molecule has 648 valence electrons. The van der Waals surface area contributed by atoms with Gasteiger partial charge in [-0.3, -0.25) is 29.7 Å². The lowest BCUT2D eigenvalue weighted by atomic mass is 10.1. The second-order valence-electron chi connectivity index (χ2n) is 30.6. The zero-order valence-corrected chi connectivity index (χ0v) is 77.3. The summed E-state index contributed by atoms with van der Waals surface area (Å²) in [6.45, 7) is 22.5. The molecule has 0 unspecified atom stereocenters. The molecule has 4 N–H and O–H groups in total. The van der Waals surface area contributed by atoms with Crippen molar-refractivity contribution >= 4 is 151 Å². The summed E-state index contributed by atoms with van der Waals surface area (Å²) < 4.78 is 18.1. The van der Waals surface area contributed by atoms with Crippen molar-refractivity contribution in [3.63, 3.8) is 0 Å². The van der Waals surface area contributed by atoms with Crippen molar-refractivity contribution in [1.29, 1.82) is 0 Å². The monoisotopic (exact) mass is 1780 g/mol. The van der Waals surface area contributed by atoms with Crippen molar-refractivity contribution < 1.29 is 19.1 Å². The number of nitrogens with two attached hydrogens (primary N) is 1. The molecule has 11 nitrogen and oxygen atoms in total. The third kappa shape index (κ3) is 30.8. The summed E-state index contributed by atoms with van der Waals surface area (Å²) in [6.07, 6.45) is 10.6. The molecule has 0 spiro atoms. The van der Waals surface area contributed by atoms with E-state index in [2.05, 4.69) is 243 Å². The molecular weight excluding hydrogens is 1680 g/mol. The minimum absolute atomic E-state index is 0.123. The number of methoxy groups -OCH3 is 1. The molecule has 1 amide bonds. The van der Waals surface area contributed by atoms with E-state index in [1.165, 1.54) is 127 Å². The molecule has 0 aliphatic heterocycles. The number of carbonyl (C=O) groups is 1. The van der Waals surface area contributed by atoms with E-state index in [9.17, 15) is 9.18 Å². The van der Waals surface area contributed by atoms with Gasteiger partial charge in [0.2, 0.25) is 0 Å². The molecule has 0 aliphatic rings. The second kappa shape index (κ2) is 49.6. The summed E-state index contributed by atoms with van der Waals surface area (Å²) in [6, 6.07) is 114. The van der Waals surface area contributed by atoms with E-state index >= 15 is 0 Å². The fraction of sp³-hybridized carbons (Fsp3) is 0.106. The Morgan fingerprint density at radius 1 is 0.326 bits per heavy atom. The number of para-hydroxylation sites is 2. The summed E-state index contributed by atoms with van der Waals surface area (Å²) in [4.78, 5) is 33.0. The van der Waals surface area contributed by atoms with Crippen molar-refractivity contribution in [2.75, 3.05) is 12.4 Å². The molecule has 0 saturated heterocycles. The molecule has 20 aromatic rings. The highest BCUT2D eigenvalue weighted by molar-refractivity contribution is 6.32. The highest BCUT2D eigenvalue weighted by Gasteiger charge is 2.12. The largest absolute Gasteiger partial charge is 0.497 e. The topological polar surface area (TPSA) is 161 Å². The lowest BCUT2D eigenvalue weighted by Crippen LogP contribution is -2.15. The summed E-state index contributed by atoms with van der Waals surface area (Å²) in [5.41, 5.74) is 24.2. The van der Waals surface area contributed by atoms with Gasteiger partial charge in [0.05, 0.1) is 34.7 Å². The van der Waals surface area contributed by atoms with Crippen LogP contribution in [0, 0.1) is 82.0 Å². The first-order chi connectivity index (χ1) is 62.3. The Balaban J connectivity index is 0.000000148. The number of carbonyl (C=O) groups excluding carboxylic acids is 1. The van der Waals surface area contributed by atoms with Crippen LogP contribution < -0.4 is 15.8 Å². The number of nitrogens with zero attached hydrogens (tertiary/aromatic N) is 6. The van der Waals surface area contributed by atoms with Gasteiger partial charge in [-0.25, -0.2) is 4.39 Å². The van der Waals surface area contributed by atoms with Gasteiger partial charge in [0.1, 0.15) is 11.6 Å². The summed E-state index contributed by atoms with van der Waals surface area (Å²) in [5.74, 6) is -0.190. The molecule has 0 atom stereocenters. The summed E-state index contributed by atoms with van der Waals surface area (Å²) in [7, 11) is 1.58. The van der Waals surface area contributed by atoms with Crippen LogP contribution >= 0.6 is 46.4 Å². The average Bonchev–Trinajstić information content (AvgIpc) is 0.807. The third-order valence-corrected chi connectivity index (χ3v) is 21.2.